The highest BCUT2D eigenvalue weighted by atomic mass is 32.2. The number of benzene rings is 1. The zero-order valence-electron chi connectivity index (χ0n) is 12.0. The van der Waals surface area contributed by atoms with Crippen LogP contribution in [0, 0.1) is 0 Å². The van der Waals surface area contributed by atoms with Crippen molar-refractivity contribution < 1.29 is 23.0 Å². The number of hydrogen-bond donors (Lipinski definition) is 3. The van der Waals surface area contributed by atoms with E-state index in [0.717, 1.165) is 0 Å². The van der Waals surface area contributed by atoms with Crippen molar-refractivity contribution in [2.45, 2.75) is 29.2 Å². The Bertz CT molecular complexity index is 591. The SMILES string of the molecule is O=S(=O)(NCC1OCC(NC2COC2)C1O)c1ccccc1. The lowest BCUT2D eigenvalue weighted by Gasteiger charge is -2.30. The summed E-state index contributed by atoms with van der Waals surface area (Å²) in [4.78, 5) is 0.198. The summed E-state index contributed by atoms with van der Waals surface area (Å²) in [6.45, 7) is 1.66. The molecule has 0 radical (unpaired) electrons. The van der Waals surface area contributed by atoms with Gasteiger partial charge in [-0.2, -0.15) is 0 Å². The number of aliphatic hydroxyl groups is 1. The van der Waals surface area contributed by atoms with Crippen LogP contribution in [0.25, 0.3) is 0 Å². The molecule has 1 aromatic carbocycles. The minimum atomic E-state index is -3.59. The Kier molecular flexibility index (Phi) is 4.76. The quantitative estimate of drug-likeness (QED) is 0.625. The second-order valence-corrected chi connectivity index (χ2v) is 7.30. The predicted octanol–water partition coefficient (Wildman–Crippen LogP) is -0.918. The number of aliphatic hydroxyl groups excluding tert-OH is 1. The molecule has 2 aliphatic heterocycles. The minimum Gasteiger partial charge on any atom is -0.389 e. The fourth-order valence-corrected chi connectivity index (χ4v) is 3.59. The molecule has 3 atom stereocenters. The van der Waals surface area contributed by atoms with Gasteiger partial charge in [0.25, 0.3) is 0 Å². The van der Waals surface area contributed by atoms with Gasteiger partial charge < -0.3 is 19.9 Å². The van der Waals surface area contributed by atoms with Crippen LogP contribution < -0.4 is 10.0 Å². The Hall–Kier alpha value is -1.03. The van der Waals surface area contributed by atoms with Gasteiger partial charge in [0.1, 0.15) is 0 Å². The Balaban J connectivity index is 1.53. The fraction of sp³-hybridized carbons (Fsp3) is 0.571. The summed E-state index contributed by atoms with van der Waals surface area (Å²) < 4.78 is 37.3. The largest absolute Gasteiger partial charge is 0.389 e. The third-order valence-corrected chi connectivity index (χ3v) is 5.34. The van der Waals surface area contributed by atoms with Gasteiger partial charge in [0.2, 0.25) is 10.0 Å². The monoisotopic (exact) mass is 328 g/mol. The van der Waals surface area contributed by atoms with E-state index >= 15 is 0 Å². The summed E-state index contributed by atoms with van der Waals surface area (Å²) in [7, 11) is -3.59. The van der Waals surface area contributed by atoms with Crippen molar-refractivity contribution in [2.75, 3.05) is 26.4 Å². The average Bonchev–Trinajstić information content (AvgIpc) is 2.82. The van der Waals surface area contributed by atoms with Crippen molar-refractivity contribution in [3.63, 3.8) is 0 Å². The number of hydrogen-bond acceptors (Lipinski definition) is 6. The van der Waals surface area contributed by atoms with E-state index in [1.165, 1.54) is 12.1 Å². The van der Waals surface area contributed by atoms with Crippen LogP contribution in [0.3, 0.4) is 0 Å². The zero-order valence-corrected chi connectivity index (χ0v) is 12.8. The van der Waals surface area contributed by atoms with Crippen molar-refractivity contribution >= 4 is 10.0 Å². The first-order valence-corrected chi connectivity index (χ1v) is 8.73. The van der Waals surface area contributed by atoms with Gasteiger partial charge in [-0.05, 0) is 12.1 Å². The lowest BCUT2D eigenvalue weighted by atomic mass is 10.1. The number of sulfonamides is 1. The molecule has 122 valence electrons. The molecule has 2 saturated heterocycles. The molecule has 0 aromatic heterocycles. The van der Waals surface area contributed by atoms with Gasteiger partial charge in [0, 0.05) is 6.54 Å². The molecule has 22 heavy (non-hydrogen) atoms. The second kappa shape index (κ2) is 6.61. The number of ether oxygens (including phenoxy) is 2. The average molecular weight is 328 g/mol. The molecule has 7 nitrogen and oxygen atoms in total. The molecule has 1 aromatic rings. The molecule has 0 aliphatic carbocycles. The van der Waals surface area contributed by atoms with E-state index < -0.39 is 22.2 Å². The van der Waals surface area contributed by atoms with E-state index in [0.29, 0.717) is 19.8 Å². The molecule has 2 heterocycles. The van der Waals surface area contributed by atoms with Crippen molar-refractivity contribution in [1.82, 2.24) is 10.0 Å². The molecular weight excluding hydrogens is 308 g/mol. The van der Waals surface area contributed by atoms with E-state index in [1.807, 2.05) is 0 Å². The minimum absolute atomic E-state index is 0.0394. The summed E-state index contributed by atoms with van der Waals surface area (Å²) in [5.41, 5.74) is 0. The third-order valence-electron chi connectivity index (χ3n) is 3.90. The van der Waals surface area contributed by atoms with Crippen LogP contribution in [-0.4, -0.2) is 64.2 Å². The number of rotatable bonds is 6. The van der Waals surface area contributed by atoms with Gasteiger partial charge in [-0.3, -0.25) is 0 Å². The van der Waals surface area contributed by atoms with Gasteiger partial charge in [-0.15, -0.1) is 0 Å². The normalized spacial score (nSPS) is 29.4. The van der Waals surface area contributed by atoms with E-state index in [9.17, 15) is 13.5 Å². The second-order valence-electron chi connectivity index (χ2n) is 5.53. The highest BCUT2D eigenvalue weighted by Crippen LogP contribution is 2.17. The summed E-state index contributed by atoms with van der Waals surface area (Å²) in [6.07, 6.45) is -1.31. The smallest absolute Gasteiger partial charge is 0.240 e. The van der Waals surface area contributed by atoms with Crippen molar-refractivity contribution in [2.24, 2.45) is 0 Å². The Labute approximate surface area is 129 Å². The molecule has 0 saturated carbocycles. The summed E-state index contributed by atoms with van der Waals surface area (Å²) >= 11 is 0. The van der Waals surface area contributed by atoms with Gasteiger partial charge in [-0.25, -0.2) is 13.1 Å². The lowest BCUT2D eigenvalue weighted by molar-refractivity contribution is -0.0165. The standard InChI is InChI=1S/C14H20N2O5S/c17-14-12(16-10-7-20-8-10)9-21-13(14)6-15-22(18,19)11-4-2-1-3-5-11/h1-5,10,12-17H,6-9H2. The van der Waals surface area contributed by atoms with E-state index in [4.69, 9.17) is 9.47 Å². The zero-order chi connectivity index (χ0) is 15.6. The Morgan fingerprint density at radius 1 is 1.18 bits per heavy atom. The van der Waals surface area contributed by atoms with Crippen LogP contribution in [0.2, 0.25) is 0 Å². The van der Waals surface area contributed by atoms with E-state index in [2.05, 4.69) is 10.0 Å². The van der Waals surface area contributed by atoms with Crippen molar-refractivity contribution in [1.29, 1.82) is 0 Å². The van der Waals surface area contributed by atoms with Gasteiger partial charge in [0.15, 0.2) is 0 Å². The summed E-state index contributed by atoms with van der Waals surface area (Å²) in [5, 5.41) is 13.5. The maximum absolute atomic E-state index is 12.1. The number of nitrogens with one attached hydrogen (secondary N) is 2. The van der Waals surface area contributed by atoms with Crippen LogP contribution in [-0.2, 0) is 19.5 Å². The maximum Gasteiger partial charge on any atom is 0.240 e. The lowest BCUT2D eigenvalue weighted by Crippen LogP contribution is -2.54. The van der Waals surface area contributed by atoms with Crippen molar-refractivity contribution in [3.05, 3.63) is 30.3 Å². The molecule has 0 spiro atoms. The van der Waals surface area contributed by atoms with Crippen LogP contribution in [0.4, 0.5) is 0 Å². The van der Waals surface area contributed by atoms with E-state index in [-0.39, 0.29) is 23.5 Å². The Morgan fingerprint density at radius 3 is 2.55 bits per heavy atom. The molecule has 2 aliphatic rings. The molecule has 3 unspecified atom stereocenters. The van der Waals surface area contributed by atoms with E-state index in [1.54, 1.807) is 18.2 Å². The maximum atomic E-state index is 12.1. The Morgan fingerprint density at radius 2 is 1.91 bits per heavy atom. The van der Waals surface area contributed by atoms with Gasteiger partial charge in [-0.1, -0.05) is 18.2 Å². The van der Waals surface area contributed by atoms with Gasteiger partial charge in [0.05, 0.1) is 49.0 Å². The first-order valence-electron chi connectivity index (χ1n) is 7.24. The molecule has 3 rings (SSSR count). The third kappa shape index (κ3) is 3.48. The van der Waals surface area contributed by atoms with Crippen LogP contribution in [0.5, 0.6) is 0 Å². The molecule has 2 fully saturated rings. The fourth-order valence-electron chi connectivity index (χ4n) is 2.52. The molecule has 0 amide bonds. The molecule has 8 heteroatoms. The van der Waals surface area contributed by atoms with Gasteiger partial charge >= 0.3 is 0 Å². The van der Waals surface area contributed by atoms with Crippen LogP contribution in [0.1, 0.15) is 0 Å². The van der Waals surface area contributed by atoms with Crippen LogP contribution >= 0.6 is 0 Å². The topological polar surface area (TPSA) is 96.9 Å². The first-order chi connectivity index (χ1) is 10.6. The highest BCUT2D eigenvalue weighted by molar-refractivity contribution is 7.89. The molecular formula is C14H20N2O5S. The first kappa shape index (κ1) is 15.9. The molecule has 3 N–H and O–H groups in total. The van der Waals surface area contributed by atoms with Crippen molar-refractivity contribution in [3.8, 4) is 0 Å². The summed E-state index contributed by atoms with van der Waals surface area (Å²) in [6, 6.07) is 8.17. The molecule has 0 bridgehead atoms. The summed E-state index contributed by atoms with van der Waals surface area (Å²) in [5.74, 6) is 0. The highest BCUT2D eigenvalue weighted by Gasteiger charge is 2.38. The predicted molar refractivity (Wildman–Crippen MR) is 78.9 cm³/mol. The van der Waals surface area contributed by atoms with Crippen LogP contribution in [0.15, 0.2) is 35.2 Å².